The van der Waals surface area contributed by atoms with E-state index in [4.69, 9.17) is 9.84 Å². The predicted molar refractivity (Wildman–Crippen MR) is 189 cm³/mol. The maximum absolute atomic E-state index is 12.5. The number of rotatable bonds is 32. The molecule has 1 amide bonds. The molecule has 0 spiro atoms. The van der Waals surface area contributed by atoms with Gasteiger partial charge in [0.25, 0.3) is 0 Å². The van der Waals surface area contributed by atoms with E-state index >= 15 is 0 Å². The Balaban J connectivity index is 3.99. The minimum atomic E-state index is -1.03. The van der Waals surface area contributed by atoms with Gasteiger partial charge in [0.15, 0.2) is 0 Å². The van der Waals surface area contributed by atoms with Crippen LogP contribution in [0.25, 0.3) is 0 Å². The number of hydrogen-bond acceptors (Lipinski definition) is 4. The van der Waals surface area contributed by atoms with E-state index in [2.05, 4.69) is 67.8 Å². The van der Waals surface area contributed by atoms with E-state index in [1.54, 1.807) is 0 Å². The number of nitrogens with one attached hydrogen (secondary N) is 1. The Kier molecular flexibility index (Phi) is 32.2. The Morgan fingerprint density at radius 3 is 1.69 bits per heavy atom. The van der Waals surface area contributed by atoms with Gasteiger partial charge in [-0.1, -0.05) is 121 Å². The van der Waals surface area contributed by atoms with Crippen LogP contribution in [-0.2, 0) is 19.1 Å². The first-order chi connectivity index (χ1) is 22.0. The van der Waals surface area contributed by atoms with Crippen LogP contribution in [0.5, 0.6) is 0 Å². The fourth-order valence-electron chi connectivity index (χ4n) is 4.96. The number of carboxylic acid groups (broad SMARTS) is 1. The van der Waals surface area contributed by atoms with Crippen molar-refractivity contribution in [2.45, 2.75) is 174 Å². The Bertz CT molecular complexity index is 829. The smallest absolute Gasteiger partial charge is 0.322 e. The molecule has 6 heteroatoms. The lowest BCUT2D eigenvalue weighted by Crippen LogP contribution is -2.28. The lowest BCUT2D eigenvalue weighted by molar-refractivity contribution is -0.147. The van der Waals surface area contributed by atoms with Crippen molar-refractivity contribution < 1.29 is 24.2 Å². The summed E-state index contributed by atoms with van der Waals surface area (Å²) in [6.07, 6.45) is 42.5. The second kappa shape index (κ2) is 34.2. The van der Waals surface area contributed by atoms with Gasteiger partial charge in [-0.05, 0) is 83.1 Å². The van der Waals surface area contributed by atoms with Gasteiger partial charge in [0, 0.05) is 12.8 Å². The molecule has 258 valence electrons. The Hall–Kier alpha value is -2.63. The van der Waals surface area contributed by atoms with Crippen molar-refractivity contribution in [3.05, 3.63) is 48.6 Å². The molecule has 0 aliphatic heterocycles. The van der Waals surface area contributed by atoms with Crippen LogP contribution >= 0.6 is 0 Å². The third-order valence-electron chi connectivity index (χ3n) is 7.71. The summed E-state index contributed by atoms with van der Waals surface area (Å²) in [6, 6.07) is 0. The Labute approximate surface area is 276 Å². The van der Waals surface area contributed by atoms with Crippen molar-refractivity contribution in [1.29, 1.82) is 0 Å². The van der Waals surface area contributed by atoms with Crippen molar-refractivity contribution in [3.8, 4) is 0 Å². The molecule has 0 fully saturated rings. The van der Waals surface area contributed by atoms with Gasteiger partial charge in [-0.15, -0.1) is 0 Å². The summed E-state index contributed by atoms with van der Waals surface area (Å²) in [4.78, 5) is 34.7. The molecular weight excluding hydrogens is 562 g/mol. The first-order valence-electron chi connectivity index (χ1n) is 18.3. The molecule has 0 rings (SSSR count). The lowest BCUT2D eigenvalue weighted by Gasteiger charge is -2.15. The van der Waals surface area contributed by atoms with Crippen LogP contribution in [0.4, 0.5) is 0 Å². The normalized spacial score (nSPS) is 12.6. The van der Waals surface area contributed by atoms with Crippen molar-refractivity contribution in [2.24, 2.45) is 0 Å². The summed E-state index contributed by atoms with van der Waals surface area (Å²) in [5, 5.41) is 11.0. The molecule has 0 heterocycles. The number of allylic oxidation sites excluding steroid dienone is 7. The maximum atomic E-state index is 12.5. The van der Waals surface area contributed by atoms with Gasteiger partial charge in [-0.3, -0.25) is 14.4 Å². The topological polar surface area (TPSA) is 92.7 Å². The van der Waals surface area contributed by atoms with E-state index < -0.39 is 5.97 Å². The van der Waals surface area contributed by atoms with E-state index in [1.807, 2.05) is 0 Å². The van der Waals surface area contributed by atoms with E-state index in [0.29, 0.717) is 12.8 Å². The molecule has 0 aliphatic carbocycles. The summed E-state index contributed by atoms with van der Waals surface area (Å²) in [7, 11) is 0. The SMILES string of the molecule is CCCCC/C=C\C/C=C\C/C=C\CCCCCCCCC(=O)OC(/C=C\CCCCC)CCCCCCC(=O)NCC(=O)O. The average molecular weight is 630 g/mol. The van der Waals surface area contributed by atoms with Gasteiger partial charge in [0.05, 0.1) is 0 Å². The predicted octanol–water partition coefficient (Wildman–Crippen LogP) is 10.7. The summed E-state index contributed by atoms with van der Waals surface area (Å²) >= 11 is 0. The zero-order valence-corrected chi connectivity index (χ0v) is 29.0. The van der Waals surface area contributed by atoms with Gasteiger partial charge in [0.2, 0.25) is 5.91 Å². The van der Waals surface area contributed by atoms with Crippen molar-refractivity contribution in [1.82, 2.24) is 5.32 Å². The van der Waals surface area contributed by atoms with Crippen molar-refractivity contribution in [3.63, 3.8) is 0 Å². The van der Waals surface area contributed by atoms with Crippen LogP contribution in [0.3, 0.4) is 0 Å². The third kappa shape index (κ3) is 34.1. The van der Waals surface area contributed by atoms with E-state index in [9.17, 15) is 14.4 Å². The minimum absolute atomic E-state index is 0.101. The molecule has 0 bridgehead atoms. The molecule has 1 unspecified atom stereocenters. The van der Waals surface area contributed by atoms with Crippen molar-refractivity contribution >= 4 is 17.8 Å². The van der Waals surface area contributed by atoms with Crippen LogP contribution in [0.15, 0.2) is 48.6 Å². The highest BCUT2D eigenvalue weighted by molar-refractivity contribution is 5.80. The van der Waals surface area contributed by atoms with E-state index in [0.717, 1.165) is 77.0 Å². The molecule has 0 saturated carbocycles. The lowest BCUT2D eigenvalue weighted by atomic mass is 10.1. The summed E-state index contributed by atoms with van der Waals surface area (Å²) < 4.78 is 5.83. The molecule has 0 saturated heterocycles. The molecule has 0 radical (unpaired) electrons. The van der Waals surface area contributed by atoms with Gasteiger partial charge in [-0.2, -0.15) is 0 Å². The van der Waals surface area contributed by atoms with Crippen LogP contribution in [0.1, 0.15) is 168 Å². The molecular formula is C39H67NO5. The van der Waals surface area contributed by atoms with E-state index in [1.165, 1.54) is 64.2 Å². The van der Waals surface area contributed by atoms with Gasteiger partial charge >= 0.3 is 11.9 Å². The van der Waals surface area contributed by atoms with Crippen LogP contribution in [0.2, 0.25) is 0 Å². The minimum Gasteiger partial charge on any atom is -0.480 e. The molecule has 0 aromatic rings. The molecule has 45 heavy (non-hydrogen) atoms. The molecule has 0 aromatic heterocycles. The van der Waals surface area contributed by atoms with Crippen LogP contribution in [0, 0.1) is 0 Å². The molecule has 6 nitrogen and oxygen atoms in total. The number of carbonyl (C=O) groups is 3. The number of amides is 1. The number of carboxylic acids is 1. The Morgan fingerprint density at radius 1 is 0.600 bits per heavy atom. The zero-order chi connectivity index (χ0) is 33.1. The van der Waals surface area contributed by atoms with Gasteiger partial charge in [-0.25, -0.2) is 0 Å². The molecule has 0 aliphatic rings. The highest BCUT2D eigenvalue weighted by Gasteiger charge is 2.12. The fraction of sp³-hybridized carbons (Fsp3) is 0.718. The standard InChI is InChI=1S/C39H67NO5/c1-3-5-7-9-10-11-12-13-14-15-16-17-18-19-20-21-22-24-30-34-39(44)45-36(31-27-23-8-6-4-2)32-28-25-26-29-33-37(41)40-35-38(42)43/h10-11,13-14,16-17,27,31,36H,3-9,12,15,18-26,28-30,32-35H2,1-2H3,(H,40,41)(H,42,43)/b11-10-,14-13-,17-16-,31-27-. The van der Waals surface area contributed by atoms with Gasteiger partial charge in [0.1, 0.15) is 12.6 Å². The second-order valence-electron chi connectivity index (χ2n) is 12.1. The number of ether oxygens (including phenoxy) is 1. The molecule has 2 N–H and O–H groups in total. The number of aliphatic carboxylic acids is 1. The quantitative estimate of drug-likeness (QED) is 0.0439. The fourth-order valence-corrected chi connectivity index (χ4v) is 4.96. The van der Waals surface area contributed by atoms with Crippen molar-refractivity contribution in [2.75, 3.05) is 6.54 Å². The average Bonchev–Trinajstić information content (AvgIpc) is 3.02. The first kappa shape index (κ1) is 42.4. The number of carbonyl (C=O) groups excluding carboxylic acids is 2. The third-order valence-corrected chi connectivity index (χ3v) is 7.71. The van der Waals surface area contributed by atoms with Gasteiger partial charge < -0.3 is 15.2 Å². The first-order valence-corrected chi connectivity index (χ1v) is 18.3. The summed E-state index contributed by atoms with van der Waals surface area (Å²) in [5.41, 5.74) is 0. The summed E-state index contributed by atoms with van der Waals surface area (Å²) in [6.45, 7) is 4.11. The Morgan fingerprint density at radius 2 is 1.09 bits per heavy atom. The number of unbranched alkanes of at least 4 members (excludes halogenated alkanes) is 15. The van der Waals surface area contributed by atoms with E-state index in [-0.39, 0.29) is 24.5 Å². The number of esters is 1. The largest absolute Gasteiger partial charge is 0.480 e. The summed E-state index contributed by atoms with van der Waals surface area (Å²) in [5.74, 6) is -1.35. The monoisotopic (exact) mass is 630 g/mol. The maximum Gasteiger partial charge on any atom is 0.322 e. The number of hydrogen-bond donors (Lipinski definition) is 2. The second-order valence-corrected chi connectivity index (χ2v) is 12.1. The van der Waals surface area contributed by atoms with Crippen LogP contribution in [-0.4, -0.2) is 35.6 Å². The molecule has 0 aromatic carbocycles. The molecule has 1 atom stereocenters. The zero-order valence-electron chi connectivity index (χ0n) is 29.0. The van der Waals surface area contributed by atoms with Crippen LogP contribution < -0.4 is 5.32 Å². The highest BCUT2D eigenvalue weighted by Crippen LogP contribution is 2.15. The highest BCUT2D eigenvalue weighted by atomic mass is 16.5.